The van der Waals surface area contributed by atoms with Gasteiger partial charge in [-0.3, -0.25) is 4.98 Å². The predicted molar refractivity (Wildman–Crippen MR) is 133 cm³/mol. The molecular weight excluding hydrogens is 519 g/mol. The molecule has 4 heterocycles. The third kappa shape index (κ3) is 4.29. The number of halogens is 2. The Labute approximate surface area is 209 Å². The molecule has 0 bridgehead atoms. The number of pyridine rings is 1. The smallest absolute Gasteiger partial charge is 0.338 e. The topological polar surface area (TPSA) is 128 Å². The molecule has 1 fully saturated rings. The van der Waals surface area contributed by atoms with E-state index >= 15 is 0 Å². The molecule has 3 aromatic rings. The second-order valence-electron chi connectivity index (χ2n) is 8.78. The first-order chi connectivity index (χ1) is 16.9. The van der Waals surface area contributed by atoms with Crippen LogP contribution in [0.3, 0.4) is 0 Å². The molecule has 5 rings (SSSR count). The fourth-order valence-electron chi connectivity index (χ4n) is 4.78. The number of aliphatic imine (C=N–C) groups is 1. The van der Waals surface area contributed by atoms with E-state index in [1.54, 1.807) is 24.0 Å². The molecule has 0 aromatic carbocycles. The number of anilines is 1. The van der Waals surface area contributed by atoms with Crippen molar-refractivity contribution in [1.82, 2.24) is 19.6 Å². The van der Waals surface area contributed by atoms with Gasteiger partial charge in [-0.15, -0.1) is 0 Å². The second-order valence-corrected chi connectivity index (χ2v) is 9.57. The maximum atomic E-state index is 14.0. The monoisotopic (exact) mass is 542 g/mol. The number of ether oxygens (including phenoxy) is 1. The van der Waals surface area contributed by atoms with E-state index in [9.17, 15) is 9.18 Å². The van der Waals surface area contributed by atoms with Crippen molar-refractivity contribution in [3.8, 4) is 11.1 Å². The van der Waals surface area contributed by atoms with E-state index in [-0.39, 0.29) is 5.92 Å². The van der Waals surface area contributed by atoms with Gasteiger partial charge in [-0.2, -0.15) is 9.61 Å². The molecular formula is C24H24BrFN6O3. The second kappa shape index (κ2) is 9.37. The summed E-state index contributed by atoms with van der Waals surface area (Å²) in [6.07, 6.45) is 6.49. The van der Waals surface area contributed by atoms with Gasteiger partial charge in [0.2, 0.25) is 0 Å². The Morgan fingerprint density at radius 3 is 2.69 bits per heavy atom. The van der Waals surface area contributed by atoms with E-state index in [0.29, 0.717) is 53.9 Å². The van der Waals surface area contributed by atoms with E-state index in [1.807, 2.05) is 18.2 Å². The zero-order valence-corrected chi connectivity index (χ0v) is 20.6. The lowest BCUT2D eigenvalue weighted by Gasteiger charge is -2.29. The highest BCUT2D eigenvalue weighted by atomic mass is 79.9. The van der Waals surface area contributed by atoms with Crippen molar-refractivity contribution in [3.05, 3.63) is 46.5 Å². The lowest BCUT2D eigenvalue weighted by Crippen LogP contribution is -2.28. The molecule has 3 N–H and O–H groups in total. The van der Waals surface area contributed by atoms with Crippen LogP contribution in [0.5, 0.6) is 0 Å². The molecule has 1 unspecified atom stereocenters. The van der Waals surface area contributed by atoms with Gasteiger partial charge >= 0.3 is 5.97 Å². The van der Waals surface area contributed by atoms with Crippen molar-refractivity contribution in [2.75, 3.05) is 12.8 Å². The average Bonchev–Trinajstić information content (AvgIpc) is 3.53. The summed E-state index contributed by atoms with van der Waals surface area (Å²) in [5, 5.41) is 13.4. The Hall–Kier alpha value is -3.34. The standard InChI is InChI=1S/C24H24BrFN6O3/c1-35-18-9-8-17(30-18)16-7-6-14(10-28-16)15-11-29-32-22(27)19(25)21(31-23(15)32)13-4-2-12(3-5-13)20(26)24(33)34/h6-8,10-13,20H,2-5,9,27H2,1H3,(H,33,34). The number of alkyl halides is 1. The predicted octanol–water partition coefficient (Wildman–Crippen LogP) is 4.62. The molecule has 1 aliphatic heterocycles. The Balaban J connectivity index is 1.44. The SMILES string of the molecule is COC1=NC(c2ccc(-c3cnn4c(N)c(Br)c(C5CCC(C(F)C(=O)O)CC5)nc34)cn2)=CC1. The molecule has 9 nitrogen and oxygen atoms in total. The van der Waals surface area contributed by atoms with E-state index in [4.69, 9.17) is 20.6 Å². The van der Waals surface area contributed by atoms with Crippen LogP contribution >= 0.6 is 15.9 Å². The molecule has 0 spiro atoms. The van der Waals surface area contributed by atoms with Gasteiger partial charge in [0.25, 0.3) is 0 Å². The average molecular weight is 543 g/mol. The van der Waals surface area contributed by atoms with Gasteiger partial charge in [0.15, 0.2) is 17.7 Å². The number of fused-ring (bicyclic) bond motifs is 1. The first kappa shape index (κ1) is 23.4. The maximum Gasteiger partial charge on any atom is 0.338 e. The van der Waals surface area contributed by atoms with Crippen LogP contribution in [0.25, 0.3) is 22.5 Å². The van der Waals surface area contributed by atoms with Gasteiger partial charge in [-0.1, -0.05) is 6.07 Å². The number of nitrogen functional groups attached to an aromatic ring is 1. The number of carboxylic acids is 1. The number of hydrogen-bond donors (Lipinski definition) is 2. The number of methoxy groups -OCH3 is 1. The quantitative estimate of drug-likeness (QED) is 0.481. The maximum absolute atomic E-state index is 14.0. The summed E-state index contributed by atoms with van der Waals surface area (Å²) in [6, 6.07) is 3.84. The minimum Gasteiger partial charge on any atom is -0.484 e. The number of carbonyl (C=O) groups is 1. The minimum atomic E-state index is -1.83. The van der Waals surface area contributed by atoms with Crippen molar-refractivity contribution in [1.29, 1.82) is 0 Å². The third-order valence-electron chi connectivity index (χ3n) is 6.74. The highest BCUT2D eigenvalue weighted by Gasteiger charge is 2.34. The van der Waals surface area contributed by atoms with Crippen LogP contribution < -0.4 is 5.73 Å². The van der Waals surface area contributed by atoms with Crippen LogP contribution in [0.4, 0.5) is 10.2 Å². The lowest BCUT2D eigenvalue weighted by atomic mass is 9.78. The van der Waals surface area contributed by atoms with Gasteiger partial charge in [-0.05, 0) is 53.8 Å². The first-order valence-electron chi connectivity index (χ1n) is 11.3. The third-order valence-corrected chi connectivity index (χ3v) is 7.56. The summed E-state index contributed by atoms with van der Waals surface area (Å²) < 4.78 is 21.4. The number of nitrogens with two attached hydrogens (primary N) is 1. The fourth-order valence-corrected chi connectivity index (χ4v) is 5.36. The normalized spacial score (nSPS) is 21.0. The van der Waals surface area contributed by atoms with E-state index in [0.717, 1.165) is 28.2 Å². The summed E-state index contributed by atoms with van der Waals surface area (Å²) >= 11 is 3.57. The first-order valence-corrected chi connectivity index (χ1v) is 12.1. The molecule has 182 valence electrons. The largest absolute Gasteiger partial charge is 0.484 e. The molecule has 0 saturated heterocycles. The minimum absolute atomic E-state index is 0.0410. The number of aliphatic carboxylic acids is 1. The molecule has 2 aliphatic rings. The molecule has 1 atom stereocenters. The molecule has 35 heavy (non-hydrogen) atoms. The molecule has 11 heteroatoms. The highest BCUT2D eigenvalue weighted by Crippen LogP contribution is 2.42. The summed E-state index contributed by atoms with van der Waals surface area (Å²) in [7, 11) is 1.60. The van der Waals surface area contributed by atoms with Crippen molar-refractivity contribution >= 4 is 45.0 Å². The van der Waals surface area contributed by atoms with Crippen molar-refractivity contribution < 1.29 is 19.0 Å². The number of aromatic nitrogens is 4. The molecule has 0 radical (unpaired) electrons. The van der Waals surface area contributed by atoms with Gasteiger partial charge in [0, 0.05) is 35.6 Å². The van der Waals surface area contributed by atoms with Crippen LogP contribution in [0.1, 0.15) is 49.4 Å². The zero-order chi connectivity index (χ0) is 24.7. The van der Waals surface area contributed by atoms with E-state index < -0.39 is 18.1 Å². The molecule has 0 amide bonds. The lowest BCUT2D eigenvalue weighted by molar-refractivity contribution is -0.145. The Morgan fingerprint density at radius 2 is 2.06 bits per heavy atom. The van der Waals surface area contributed by atoms with Crippen molar-refractivity contribution in [2.24, 2.45) is 10.9 Å². The van der Waals surface area contributed by atoms with Gasteiger partial charge < -0.3 is 15.6 Å². The van der Waals surface area contributed by atoms with Crippen LogP contribution in [-0.2, 0) is 9.53 Å². The highest BCUT2D eigenvalue weighted by molar-refractivity contribution is 9.10. The number of hydrogen-bond acceptors (Lipinski definition) is 7. The van der Waals surface area contributed by atoms with Crippen LogP contribution in [0, 0.1) is 5.92 Å². The fraction of sp³-hybridized carbons (Fsp3) is 0.375. The Bertz CT molecular complexity index is 1350. The summed E-state index contributed by atoms with van der Waals surface area (Å²) in [4.78, 5) is 24.9. The van der Waals surface area contributed by atoms with E-state index in [1.165, 1.54) is 0 Å². The number of carboxylic acid groups (broad SMARTS) is 1. The summed E-state index contributed by atoms with van der Waals surface area (Å²) in [5.41, 5.74) is 10.9. The zero-order valence-electron chi connectivity index (χ0n) is 19.0. The Morgan fingerprint density at radius 1 is 1.29 bits per heavy atom. The molecule has 1 saturated carbocycles. The summed E-state index contributed by atoms with van der Waals surface area (Å²) in [5.74, 6) is -0.742. The van der Waals surface area contributed by atoms with Crippen molar-refractivity contribution in [2.45, 2.75) is 44.2 Å². The van der Waals surface area contributed by atoms with Crippen LogP contribution in [0.2, 0.25) is 0 Å². The number of nitrogens with zero attached hydrogens (tertiary/aromatic N) is 5. The van der Waals surface area contributed by atoms with Crippen LogP contribution in [-0.4, -0.2) is 49.8 Å². The Kier molecular flexibility index (Phi) is 6.26. The summed E-state index contributed by atoms with van der Waals surface area (Å²) in [6.45, 7) is 0. The van der Waals surface area contributed by atoms with Crippen LogP contribution in [0.15, 0.2) is 40.1 Å². The molecule has 3 aromatic heterocycles. The van der Waals surface area contributed by atoms with E-state index in [2.05, 4.69) is 31.0 Å². The van der Waals surface area contributed by atoms with Gasteiger partial charge in [-0.25, -0.2) is 19.2 Å². The van der Waals surface area contributed by atoms with Gasteiger partial charge in [0.1, 0.15) is 5.82 Å². The van der Waals surface area contributed by atoms with Crippen molar-refractivity contribution in [3.63, 3.8) is 0 Å². The number of rotatable bonds is 5. The molecule has 1 aliphatic carbocycles. The van der Waals surface area contributed by atoms with Gasteiger partial charge in [0.05, 0.1) is 34.9 Å².